The Labute approximate surface area is 116 Å². The van der Waals surface area contributed by atoms with Gasteiger partial charge in [0.2, 0.25) is 11.8 Å². The SMILES string of the molecule is CC(C)Oc1ccnc(NCCCN(C)C(C)C)n1. The molecule has 1 N–H and O–H groups in total. The number of nitrogens with one attached hydrogen (secondary N) is 1. The van der Waals surface area contributed by atoms with Gasteiger partial charge < -0.3 is 15.0 Å². The molecule has 0 aromatic carbocycles. The molecule has 0 aliphatic heterocycles. The molecule has 1 aromatic heterocycles. The van der Waals surface area contributed by atoms with Crippen LogP contribution in [0.5, 0.6) is 5.88 Å². The Morgan fingerprint density at radius 2 is 2.05 bits per heavy atom. The van der Waals surface area contributed by atoms with Crippen LogP contribution in [-0.4, -0.2) is 47.2 Å². The van der Waals surface area contributed by atoms with Gasteiger partial charge in [0.05, 0.1) is 6.10 Å². The third-order valence-electron chi connectivity index (χ3n) is 2.84. The fourth-order valence-electron chi connectivity index (χ4n) is 1.52. The zero-order chi connectivity index (χ0) is 14.3. The van der Waals surface area contributed by atoms with Gasteiger partial charge in [-0.25, -0.2) is 4.98 Å². The van der Waals surface area contributed by atoms with Gasteiger partial charge in [0, 0.05) is 24.8 Å². The van der Waals surface area contributed by atoms with Crippen molar-refractivity contribution in [2.24, 2.45) is 0 Å². The van der Waals surface area contributed by atoms with E-state index in [9.17, 15) is 0 Å². The molecular formula is C14H26N4O. The Morgan fingerprint density at radius 1 is 1.32 bits per heavy atom. The van der Waals surface area contributed by atoms with Gasteiger partial charge in [-0.2, -0.15) is 4.98 Å². The van der Waals surface area contributed by atoms with Crippen molar-refractivity contribution in [2.75, 3.05) is 25.5 Å². The van der Waals surface area contributed by atoms with Crippen LogP contribution in [0.3, 0.4) is 0 Å². The summed E-state index contributed by atoms with van der Waals surface area (Å²) in [6.07, 6.45) is 2.91. The first kappa shape index (κ1) is 15.7. The number of nitrogens with zero attached hydrogens (tertiary/aromatic N) is 3. The van der Waals surface area contributed by atoms with Gasteiger partial charge in [0.15, 0.2) is 0 Å². The number of ether oxygens (including phenoxy) is 1. The highest BCUT2D eigenvalue weighted by Gasteiger charge is 2.04. The van der Waals surface area contributed by atoms with E-state index >= 15 is 0 Å². The van der Waals surface area contributed by atoms with E-state index in [2.05, 4.69) is 41.1 Å². The van der Waals surface area contributed by atoms with Crippen LogP contribution >= 0.6 is 0 Å². The predicted octanol–water partition coefficient (Wildman–Crippen LogP) is 2.41. The second-order valence-corrected chi connectivity index (χ2v) is 5.24. The average molecular weight is 266 g/mol. The van der Waals surface area contributed by atoms with E-state index in [-0.39, 0.29) is 6.10 Å². The van der Waals surface area contributed by atoms with E-state index in [1.165, 1.54) is 0 Å². The Morgan fingerprint density at radius 3 is 2.68 bits per heavy atom. The lowest BCUT2D eigenvalue weighted by Gasteiger charge is -2.20. The van der Waals surface area contributed by atoms with Gasteiger partial charge in [-0.05, 0) is 47.7 Å². The molecule has 1 aromatic rings. The quantitative estimate of drug-likeness (QED) is 0.732. The largest absolute Gasteiger partial charge is 0.475 e. The molecule has 1 rings (SSSR count). The van der Waals surface area contributed by atoms with Crippen LogP contribution in [0.2, 0.25) is 0 Å². The lowest BCUT2D eigenvalue weighted by Crippen LogP contribution is -2.28. The minimum Gasteiger partial charge on any atom is -0.475 e. The average Bonchev–Trinajstić information content (AvgIpc) is 2.34. The van der Waals surface area contributed by atoms with E-state index in [1.54, 1.807) is 12.3 Å². The summed E-state index contributed by atoms with van der Waals surface area (Å²) < 4.78 is 5.53. The molecule has 0 amide bonds. The Kier molecular flexibility index (Phi) is 6.56. The molecule has 0 saturated heterocycles. The Bertz CT molecular complexity index is 368. The van der Waals surface area contributed by atoms with E-state index < -0.39 is 0 Å². The van der Waals surface area contributed by atoms with E-state index in [4.69, 9.17) is 4.74 Å². The summed E-state index contributed by atoms with van der Waals surface area (Å²) in [5.41, 5.74) is 0. The number of aromatic nitrogens is 2. The number of rotatable bonds is 8. The number of hydrogen-bond acceptors (Lipinski definition) is 5. The summed E-state index contributed by atoms with van der Waals surface area (Å²) >= 11 is 0. The van der Waals surface area contributed by atoms with Gasteiger partial charge in [0.1, 0.15) is 0 Å². The molecule has 5 heteroatoms. The fraction of sp³-hybridized carbons (Fsp3) is 0.714. The maximum absolute atomic E-state index is 5.53. The molecule has 0 radical (unpaired) electrons. The van der Waals surface area contributed by atoms with Crippen molar-refractivity contribution in [3.8, 4) is 5.88 Å². The maximum Gasteiger partial charge on any atom is 0.225 e. The molecule has 19 heavy (non-hydrogen) atoms. The first-order chi connectivity index (χ1) is 8.99. The topological polar surface area (TPSA) is 50.3 Å². The highest BCUT2D eigenvalue weighted by molar-refractivity contribution is 5.27. The molecule has 0 spiro atoms. The molecule has 108 valence electrons. The zero-order valence-corrected chi connectivity index (χ0v) is 12.7. The third kappa shape index (κ3) is 6.38. The molecule has 0 fully saturated rings. The minimum absolute atomic E-state index is 0.127. The molecule has 0 bridgehead atoms. The molecular weight excluding hydrogens is 240 g/mol. The van der Waals surface area contributed by atoms with Gasteiger partial charge in [-0.15, -0.1) is 0 Å². The highest BCUT2D eigenvalue weighted by Crippen LogP contribution is 2.10. The summed E-state index contributed by atoms with van der Waals surface area (Å²) in [6, 6.07) is 2.36. The summed E-state index contributed by atoms with van der Waals surface area (Å²) in [5.74, 6) is 1.25. The number of hydrogen-bond donors (Lipinski definition) is 1. The van der Waals surface area contributed by atoms with Gasteiger partial charge in [0.25, 0.3) is 0 Å². The first-order valence-corrected chi connectivity index (χ1v) is 6.93. The van der Waals surface area contributed by atoms with Crippen LogP contribution < -0.4 is 10.1 Å². The van der Waals surface area contributed by atoms with Crippen molar-refractivity contribution in [2.45, 2.75) is 46.3 Å². The van der Waals surface area contributed by atoms with Crippen LogP contribution in [-0.2, 0) is 0 Å². The lowest BCUT2D eigenvalue weighted by atomic mass is 10.3. The molecule has 0 aliphatic carbocycles. The summed E-state index contributed by atoms with van der Waals surface area (Å²) in [5, 5.41) is 3.22. The molecule has 1 heterocycles. The van der Waals surface area contributed by atoms with Gasteiger partial charge in [-0.3, -0.25) is 0 Å². The smallest absolute Gasteiger partial charge is 0.225 e. The van der Waals surface area contributed by atoms with Crippen LogP contribution in [0.15, 0.2) is 12.3 Å². The van der Waals surface area contributed by atoms with Crippen molar-refractivity contribution >= 4 is 5.95 Å². The van der Waals surface area contributed by atoms with Crippen LogP contribution in [0.25, 0.3) is 0 Å². The second-order valence-electron chi connectivity index (χ2n) is 5.24. The van der Waals surface area contributed by atoms with Crippen molar-refractivity contribution in [1.82, 2.24) is 14.9 Å². The van der Waals surface area contributed by atoms with E-state index in [1.807, 2.05) is 13.8 Å². The second kappa shape index (κ2) is 7.94. The molecule has 0 saturated carbocycles. The minimum atomic E-state index is 0.127. The monoisotopic (exact) mass is 266 g/mol. The fourth-order valence-corrected chi connectivity index (χ4v) is 1.52. The molecule has 0 atom stereocenters. The van der Waals surface area contributed by atoms with Crippen molar-refractivity contribution in [3.05, 3.63) is 12.3 Å². The summed E-state index contributed by atoms with van der Waals surface area (Å²) in [7, 11) is 2.14. The van der Waals surface area contributed by atoms with E-state index in [0.717, 1.165) is 19.5 Å². The first-order valence-electron chi connectivity index (χ1n) is 6.93. The molecule has 0 aliphatic rings. The highest BCUT2D eigenvalue weighted by atomic mass is 16.5. The maximum atomic E-state index is 5.53. The van der Waals surface area contributed by atoms with Crippen LogP contribution in [0.1, 0.15) is 34.1 Å². The van der Waals surface area contributed by atoms with Gasteiger partial charge >= 0.3 is 0 Å². The normalized spacial score (nSPS) is 11.4. The Hall–Kier alpha value is -1.36. The predicted molar refractivity (Wildman–Crippen MR) is 78.7 cm³/mol. The van der Waals surface area contributed by atoms with Crippen LogP contribution in [0, 0.1) is 0 Å². The summed E-state index contributed by atoms with van der Waals surface area (Å²) in [6.45, 7) is 10.3. The lowest BCUT2D eigenvalue weighted by molar-refractivity contribution is 0.232. The van der Waals surface area contributed by atoms with Crippen LogP contribution in [0.4, 0.5) is 5.95 Å². The van der Waals surface area contributed by atoms with Crippen molar-refractivity contribution < 1.29 is 4.74 Å². The molecule has 5 nitrogen and oxygen atoms in total. The van der Waals surface area contributed by atoms with Gasteiger partial charge in [-0.1, -0.05) is 0 Å². The van der Waals surface area contributed by atoms with Crippen molar-refractivity contribution in [1.29, 1.82) is 0 Å². The number of anilines is 1. The summed E-state index contributed by atoms with van der Waals surface area (Å²) in [4.78, 5) is 10.8. The van der Waals surface area contributed by atoms with E-state index in [0.29, 0.717) is 17.9 Å². The zero-order valence-electron chi connectivity index (χ0n) is 12.7. The molecule has 0 unspecified atom stereocenters. The third-order valence-corrected chi connectivity index (χ3v) is 2.84. The van der Waals surface area contributed by atoms with Crippen molar-refractivity contribution in [3.63, 3.8) is 0 Å². The Balaban J connectivity index is 2.33. The standard InChI is InChI=1S/C14H26N4O/c1-11(2)18(5)10-6-8-15-14-16-9-7-13(17-14)19-12(3)4/h7,9,11-12H,6,8,10H2,1-5H3,(H,15,16,17).